The molecule has 7 nitrogen and oxygen atoms in total. The summed E-state index contributed by atoms with van der Waals surface area (Å²) < 4.78 is 28.5. The molecule has 0 aromatic heterocycles. The fraction of sp³-hybridized carbons (Fsp3) is 0.750. The van der Waals surface area contributed by atoms with Gasteiger partial charge in [0.1, 0.15) is 11.3 Å². The highest BCUT2D eigenvalue weighted by Gasteiger charge is 2.16. The molecule has 0 atom stereocenters. The average molecular weight is 495 g/mol. The first-order chi connectivity index (χ1) is 17.2. The van der Waals surface area contributed by atoms with Crippen LogP contribution in [0.25, 0.3) is 0 Å². The SMILES string of the molecule is CCCCCCCCCCc1ccc(OCC2COCCOCCCOCCOC2)c(C(=O)O)c1. The van der Waals surface area contributed by atoms with Gasteiger partial charge in [-0.2, -0.15) is 0 Å². The van der Waals surface area contributed by atoms with Crippen molar-refractivity contribution in [2.75, 3.05) is 59.5 Å². The van der Waals surface area contributed by atoms with Gasteiger partial charge in [0.15, 0.2) is 0 Å². The maximum absolute atomic E-state index is 11.9. The number of carboxylic acid groups (broad SMARTS) is 1. The van der Waals surface area contributed by atoms with Crippen molar-refractivity contribution in [2.45, 2.75) is 71.1 Å². The third-order valence-corrected chi connectivity index (χ3v) is 6.10. The third kappa shape index (κ3) is 13.9. The van der Waals surface area contributed by atoms with Crippen LogP contribution in [0.15, 0.2) is 18.2 Å². The number of benzene rings is 1. The van der Waals surface area contributed by atoms with E-state index in [0.29, 0.717) is 65.2 Å². The van der Waals surface area contributed by atoms with Gasteiger partial charge in [0, 0.05) is 19.1 Å². The van der Waals surface area contributed by atoms with Crippen molar-refractivity contribution < 1.29 is 33.6 Å². The molecule has 1 heterocycles. The number of carbonyl (C=O) groups is 1. The van der Waals surface area contributed by atoms with Crippen LogP contribution in [-0.4, -0.2) is 70.5 Å². The zero-order chi connectivity index (χ0) is 25.0. The van der Waals surface area contributed by atoms with Crippen molar-refractivity contribution in [2.24, 2.45) is 5.92 Å². The molecule has 1 aliphatic heterocycles. The third-order valence-electron chi connectivity index (χ3n) is 6.10. The van der Waals surface area contributed by atoms with Gasteiger partial charge in [0.05, 0.1) is 46.2 Å². The minimum atomic E-state index is -0.967. The summed E-state index contributed by atoms with van der Waals surface area (Å²) in [5, 5.41) is 9.74. The van der Waals surface area contributed by atoms with Crippen molar-refractivity contribution >= 4 is 5.97 Å². The molecule has 0 aliphatic carbocycles. The van der Waals surface area contributed by atoms with E-state index in [1.54, 1.807) is 12.1 Å². The van der Waals surface area contributed by atoms with E-state index >= 15 is 0 Å². The Morgan fingerprint density at radius 2 is 1.46 bits per heavy atom. The number of aromatic carboxylic acids is 1. The van der Waals surface area contributed by atoms with Crippen LogP contribution in [0.1, 0.15) is 80.6 Å². The smallest absolute Gasteiger partial charge is 0.339 e. The van der Waals surface area contributed by atoms with Gasteiger partial charge in [0.25, 0.3) is 0 Å². The van der Waals surface area contributed by atoms with Crippen LogP contribution in [0.3, 0.4) is 0 Å². The lowest BCUT2D eigenvalue weighted by Crippen LogP contribution is -2.26. The monoisotopic (exact) mass is 494 g/mol. The molecule has 0 saturated carbocycles. The van der Waals surface area contributed by atoms with Gasteiger partial charge in [0.2, 0.25) is 0 Å². The molecule has 1 N–H and O–H groups in total. The Morgan fingerprint density at radius 1 is 0.857 bits per heavy atom. The van der Waals surface area contributed by atoms with E-state index in [-0.39, 0.29) is 11.5 Å². The molecular formula is C28H46O7. The Labute approximate surface area is 211 Å². The summed E-state index contributed by atoms with van der Waals surface area (Å²) >= 11 is 0. The second kappa shape index (κ2) is 19.5. The molecule has 1 saturated heterocycles. The minimum Gasteiger partial charge on any atom is -0.492 e. The van der Waals surface area contributed by atoms with Gasteiger partial charge in [-0.15, -0.1) is 0 Å². The summed E-state index contributed by atoms with van der Waals surface area (Å²) in [6.45, 7) is 6.88. The number of aryl methyl sites for hydroxylation is 1. The van der Waals surface area contributed by atoms with E-state index < -0.39 is 5.97 Å². The molecule has 35 heavy (non-hydrogen) atoms. The van der Waals surface area contributed by atoms with E-state index in [4.69, 9.17) is 23.7 Å². The Balaban J connectivity index is 1.80. The highest BCUT2D eigenvalue weighted by Crippen LogP contribution is 2.23. The van der Waals surface area contributed by atoms with E-state index in [1.807, 2.05) is 6.07 Å². The van der Waals surface area contributed by atoms with Gasteiger partial charge in [-0.1, -0.05) is 57.9 Å². The van der Waals surface area contributed by atoms with E-state index in [9.17, 15) is 9.90 Å². The topological polar surface area (TPSA) is 83.5 Å². The zero-order valence-electron chi connectivity index (χ0n) is 21.6. The van der Waals surface area contributed by atoms with E-state index in [0.717, 1.165) is 24.8 Å². The largest absolute Gasteiger partial charge is 0.492 e. The van der Waals surface area contributed by atoms with Crippen LogP contribution in [0.5, 0.6) is 5.75 Å². The second-order valence-corrected chi connectivity index (χ2v) is 9.27. The van der Waals surface area contributed by atoms with Crippen molar-refractivity contribution in [1.29, 1.82) is 0 Å². The molecule has 0 bridgehead atoms. The average Bonchev–Trinajstić information content (AvgIpc) is 2.86. The van der Waals surface area contributed by atoms with Crippen LogP contribution in [0.4, 0.5) is 0 Å². The number of carboxylic acids is 1. The van der Waals surface area contributed by atoms with Crippen LogP contribution in [0, 0.1) is 5.92 Å². The minimum absolute atomic E-state index is 0.0170. The molecule has 0 amide bonds. The molecule has 1 aromatic carbocycles. The Hall–Kier alpha value is -1.67. The molecule has 1 aromatic rings. The fourth-order valence-corrected chi connectivity index (χ4v) is 4.04. The Bertz CT molecular complexity index is 665. The molecule has 2 rings (SSSR count). The molecular weight excluding hydrogens is 448 g/mol. The highest BCUT2D eigenvalue weighted by molar-refractivity contribution is 5.91. The number of hydrogen-bond donors (Lipinski definition) is 1. The van der Waals surface area contributed by atoms with Crippen LogP contribution < -0.4 is 4.74 Å². The molecule has 1 aliphatic rings. The van der Waals surface area contributed by atoms with Gasteiger partial charge >= 0.3 is 5.97 Å². The highest BCUT2D eigenvalue weighted by atomic mass is 16.5. The van der Waals surface area contributed by atoms with Gasteiger partial charge in [-0.05, 0) is 37.0 Å². The molecule has 0 radical (unpaired) electrons. The van der Waals surface area contributed by atoms with E-state index in [1.165, 1.54) is 44.9 Å². The summed E-state index contributed by atoms with van der Waals surface area (Å²) in [7, 11) is 0. The van der Waals surface area contributed by atoms with Crippen LogP contribution in [0.2, 0.25) is 0 Å². The molecule has 0 unspecified atom stereocenters. The normalized spacial score (nSPS) is 17.1. The first-order valence-corrected chi connectivity index (χ1v) is 13.5. The predicted octanol–water partition coefficient (Wildman–Crippen LogP) is 5.53. The quantitative estimate of drug-likeness (QED) is 0.361. The van der Waals surface area contributed by atoms with Crippen LogP contribution >= 0.6 is 0 Å². The van der Waals surface area contributed by atoms with Gasteiger partial charge < -0.3 is 28.8 Å². The number of rotatable bonds is 13. The summed E-state index contributed by atoms with van der Waals surface area (Å²) in [6, 6.07) is 5.53. The summed E-state index contributed by atoms with van der Waals surface area (Å²) in [5.41, 5.74) is 1.26. The number of hydrogen-bond acceptors (Lipinski definition) is 6. The van der Waals surface area contributed by atoms with Crippen molar-refractivity contribution in [3.63, 3.8) is 0 Å². The summed E-state index contributed by atoms with van der Waals surface area (Å²) in [4.78, 5) is 11.9. The molecule has 1 fully saturated rings. The molecule has 200 valence electrons. The first kappa shape index (κ1) is 29.6. The first-order valence-electron chi connectivity index (χ1n) is 13.5. The lowest BCUT2D eigenvalue weighted by atomic mass is 10.0. The van der Waals surface area contributed by atoms with Crippen molar-refractivity contribution in [3.05, 3.63) is 29.3 Å². The van der Waals surface area contributed by atoms with Crippen molar-refractivity contribution in [1.82, 2.24) is 0 Å². The Morgan fingerprint density at radius 3 is 2.09 bits per heavy atom. The predicted molar refractivity (Wildman–Crippen MR) is 137 cm³/mol. The lowest BCUT2D eigenvalue weighted by molar-refractivity contribution is -0.0257. The maximum atomic E-state index is 11.9. The van der Waals surface area contributed by atoms with E-state index in [2.05, 4.69) is 6.92 Å². The molecule has 0 spiro atoms. The lowest BCUT2D eigenvalue weighted by Gasteiger charge is -2.20. The number of ether oxygens (including phenoxy) is 5. The van der Waals surface area contributed by atoms with Crippen molar-refractivity contribution in [3.8, 4) is 5.75 Å². The van der Waals surface area contributed by atoms with Crippen LogP contribution in [-0.2, 0) is 25.4 Å². The second-order valence-electron chi connectivity index (χ2n) is 9.27. The standard InChI is InChI=1S/C28H46O7/c1-2-3-4-5-6-7-8-9-11-24-12-13-27(26(20-24)28(29)30)35-23-25-21-33-18-16-31-14-10-15-32-17-19-34-22-25/h12-13,20,25H,2-11,14-19,21-23H2,1H3,(H,29,30). The Kier molecular flexibility index (Phi) is 16.5. The maximum Gasteiger partial charge on any atom is 0.339 e. The summed E-state index contributed by atoms with van der Waals surface area (Å²) in [6.07, 6.45) is 11.8. The zero-order valence-corrected chi connectivity index (χ0v) is 21.6. The van der Waals surface area contributed by atoms with Gasteiger partial charge in [-0.25, -0.2) is 4.79 Å². The van der Waals surface area contributed by atoms with Gasteiger partial charge in [-0.3, -0.25) is 0 Å². The molecule has 7 heteroatoms. The fourth-order valence-electron chi connectivity index (χ4n) is 4.04. The summed E-state index contributed by atoms with van der Waals surface area (Å²) in [5.74, 6) is -0.592. The number of unbranched alkanes of at least 4 members (excludes halogenated alkanes) is 7.